The van der Waals surface area contributed by atoms with Gasteiger partial charge in [0.2, 0.25) is 5.82 Å². The molecule has 0 bridgehead atoms. The van der Waals surface area contributed by atoms with Crippen molar-refractivity contribution in [3.05, 3.63) is 24.3 Å². The summed E-state index contributed by atoms with van der Waals surface area (Å²) in [5, 5.41) is 6.88. The third-order valence-electron chi connectivity index (χ3n) is 1.92. The maximum Gasteiger partial charge on any atom is 0.218 e. The van der Waals surface area contributed by atoms with Gasteiger partial charge in [-0.15, -0.1) is 5.10 Å². The number of rotatable bonds is 4. The largest absolute Gasteiger partial charge is 0.330 e. The van der Waals surface area contributed by atoms with Gasteiger partial charge in [-0.2, -0.15) is 0 Å². The van der Waals surface area contributed by atoms with Crippen molar-refractivity contribution in [2.75, 3.05) is 6.54 Å². The van der Waals surface area contributed by atoms with E-state index < -0.39 is 0 Å². The van der Waals surface area contributed by atoms with Crippen LogP contribution in [0, 0.1) is 0 Å². The normalized spacial score (nSPS) is 10.5. The molecule has 0 unspecified atom stereocenters. The Kier molecular flexibility index (Phi) is 2.99. The molecule has 0 aliphatic rings. The maximum absolute atomic E-state index is 5.41. The fourth-order valence-electron chi connectivity index (χ4n) is 1.19. The fraction of sp³-hybridized carbons (Fsp3) is 0.333. The van der Waals surface area contributed by atoms with E-state index in [1.165, 1.54) is 0 Å². The molecule has 0 saturated heterocycles. The number of H-pyrrole nitrogens is 1. The lowest BCUT2D eigenvalue weighted by molar-refractivity contribution is 0.785. The zero-order valence-corrected chi connectivity index (χ0v) is 8.22. The van der Waals surface area contributed by atoms with Crippen molar-refractivity contribution in [3.8, 4) is 11.6 Å². The van der Waals surface area contributed by atoms with E-state index >= 15 is 0 Å². The summed E-state index contributed by atoms with van der Waals surface area (Å²) in [6.07, 6.45) is 5.02. The Hall–Kier alpha value is -1.82. The molecule has 15 heavy (non-hydrogen) atoms. The molecule has 0 aromatic carbocycles. The average Bonchev–Trinajstić information content (AvgIpc) is 2.76. The number of aromatic amines is 1. The van der Waals surface area contributed by atoms with E-state index in [1.54, 1.807) is 18.5 Å². The summed E-state index contributed by atoms with van der Waals surface area (Å²) >= 11 is 0. The second-order valence-electron chi connectivity index (χ2n) is 3.07. The summed E-state index contributed by atoms with van der Waals surface area (Å²) in [5.41, 5.74) is 5.41. The van der Waals surface area contributed by atoms with Gasteiger partial charge in [-0.05, 0) is 19.0 Å². The zero-order valence-electron chi connectivity index (χ0n) is 8.22. The minimum absolute atomic E-state index is 0.530. The summed E-state index contributed by atoms with van der Waals surface area (Å²) in [6, 6.07) is 1.76. The number of nitrogens with zero attached hydrogens (tertiary/aromatic N) is 4. The fourth-order valence-corrected chi connectivity index (χ4v) is 1.19. The first-order valence-electron chi connectivity index (χ1n) is 4.79. The number of aryl methyl sites for hydroxylation is 1. The summed E-state index contributed by atoms with van der Waals surface area (Å²) in [7, 11) is 0. The first kappa shape index (κ1) is 9.72. The maximum atomic E-state index is 5.41. The Labute approximate surface area is 87.0 Å². The Balaban J connectivity index is 2.14. The number of aromatic nitrogens is 5. The Morgan fingerprint density at radius 1 is 1.20 bits per heavy atom. The second-order valence-corrected chi connectivity index (χ2v) is 3.07. The predicted molar refractivity (Wildman–Crippen MR) is 54.8 cm³/mol. The highest BCUT2D eigenvalue weighted by Crippen LogP contribution is 2.07. The molecule has 6 heteroatoms. The lowest BCUT2D eigenvalue weighted by atomic mass is 10.3. The van der Waals surface area contributed by atoms with Crippen molar-refractivity contribution >= 4 is 0 Å². The van der Waals surface area contributed by atoms with Crippen LogP contribution in [0.2, 0.25) is 0 Å². The SMILES string of the molecule is NCCCc1nc(-c2ncccn2)n[nH]1. The predicted octanol–water partition coefficient (Wildman–Crippen LogP) is 0.153. The van der Waals surface area contributed by atoms with Crippen molar-refractivity contribution in [2.45, 2.75) is 12.8 Å². The van der Waals surface area contributed by atoms with Crippen molar-refractivity contribution in [2.24, 2.45) is 5.73 Å². The van der Waals surface area contributed by atoms with Gasteiger partial charge in [-0.3, -0.25) is 5.10 Å². The number of hydrogen-bond acceptors (Lipinski definition) is 5. The molecule has 2 rings (SSSR count). The molecule has 3 N–H and O–H groups in total. The highest BCUT2D eigenvalue weighted by Gasteiger charge is 2.06. The van der Waals surface area contributed by atoms with Gasteiger partial charge in [0.05, 0.1) is 0 Å². The summed E-state index contributed by atoms with van der Waals surface area (Å²) in [6.45, 7) is 0.651. The topological polar surface area (TPSA) is 93.4 Å². The van der Waals surface area contributed by atoms with E-state index in [1.807, 2.05) is 0 Å². The molecule has 0 atom stereocenters. The van der Waals surface area contributed by atoms with Crippen LogP contribution in [0.15, 0.2) is 18.5 Å². The van der Waals surface area contributed by atoms with Crippen molar-refractivity contribution in [3.63, 3.8) is 0 Å². The Bertz CT molecular complexity index is 410. The lowest BCUT2D eigenvalue weighted by Gasteiger charge is -1.91. The van der Waals surface area contributed by atoms with Gasteiger partial charge >= 0.3 is 0 Å². The van der Waals surface area contributed by atoms with E-state index in [4.69, 9.17) is 5.73 Å². The van der Waals surface area contributed by atoms with Crippen LogP contribution in [0.4, 0.5) is 0 Å². The molecule has 0 aliphatic carbocycles. The summed E-state index contributed by atoms with van der Waals surface area (Å²) in [4.78, 5) is 12.4. The molecule has 0 amide bonds. The molecule has 0 saturated carbocycles. The molecule has 0 spiro atoms. The smallest absolute Gasteiger partial charge is 0.218 e. The van der Waals surface area contributed by atoms with E-state index in [0.29, 0.717) is 18.2 Å². The van der Waals surface area contributed by atoms with Crippen molar-refractivity contribution < 1.29 is 0 Å². The van der Waals surface area contributed by atoms with Gasteiger partial charge in [0.25, 0.3) is 0 Å². The molecule has 0 fully saturated rings. The third kappa shape index (κ3) is 2.35. The molecule has 6 nitrogen and oxygen atoms in total. The van der Waals surface area contributed by atoms with Gasteiger partial charge in [-0.25, -0.2) is 15.0 Å². The molecule has 2 aromatic rings. The van der Waals surface area contributed by atoms with E-state index in [0.717, 1.165) is 18.7 Å². The van der Waals surface area contributed by atoms with Crippen LogP contribution >= 0.6 is 0 Å². The zero-order chi connectivity index (χ0) is 10.5. The van der Waals surface area contributed by atoms with Gasteiger partial charge in [0.15, 0.2) is 5.82 Å². The van der Waals surface area contributed by atoms with Gasteiger partial charge in [-0.1, -0.05) is 0 Å². The minimum atomic E-state index is 0.530. The average molecular weight is 204 g/mol. The second kappa shape index (κ2) is 4.61. The lowest BCUT2D eigenvalue weighted by Crippen LogP contribution is -2.01. The number of nitrogens with two attached hydrogens (primary N) is 1. The van der Waals surface area contributed by atoms with Crippen molar-refractivity contribution in [1.82, 2.24) is 25.1 Å². The molecule has 2 heterocycles. The van der Waals surface area contributed by atoms with E-state index in [9.17, 15) is 0 Å². The third-order valence-corrected chi connectivity index (χ3v) is 1.92. The van der Waals surface area contributed by atoms with Crippen LogP contribution < -0.4 is 5.73 Å². The molecular weight excluding hydrogens is 192 g/mol. The van der Waals surface area contributed by atoms with Gasteiger partial charge in [0.1, 0.15) is 5.82 Å². The highest BCUT2D eigenvalue weighted by atomic mass is 15.2. The molecular formula is C9H12N6. The summed E-state index contributed by atoms with van der Waals surface area (Å²) < 4.78 is 0. The van der Waals surface area contributed by atoms with Crippen LogP contribution in [-0.4, -0.2) is 31.7 Å². The van der Waals surface area contributed by atoms with Gasteiger partial charge in [0, 0.05) is 18.8 Å². The first-order valence-corrected chi connectivity index (χ1v) is 4.79. The van der Waals surface area contributed by atoms with Crippen molar-refractivity contribution in [1.29, 1.82) is 0 Å². The van der Waals surface area contributed by atoms with Crippen LogP contribution in [0.3, 0.4) is 0 Å². The number of hydrogen-bond donors (Lipinski definition) is 2. The van der Waals surface area contributed by atoms with Gasteiger partial charge < -0.3 is 5.73 Å². The quantitative estimate of drug-likeness (QED) is 0.739. The van der Waals surface area contributed by atoms with Crippen LogP contribution in [0.5, 0.6) is 0 Å². The van der Waals surface area contributed by atoms with E-state index in [2.05, 4.69) is 25.1 Å². The standard InChI is InChI=1S/C9H12N6/c10-4-1-3-7-13-9(15-14-7)8-11-5-2-6-12-8/h2,5-6H,1,3-4,10H2,(H,13,14,15). The van der Waals surface area contributed by atoms with Crippen LogP contribution in [0.1, 0.15) is 12.2 Å². The molecule has 78 valence electrons. The number of nitrogens with one attached hydrogen (secondary N) is 1. The Morgan fingerprint density at radius 3 is 2.73 bits per heavy atom. The molecule has 2 aromatic heterocycles. The molecule has 0 radical (unpaired) electrons. The van der Waals surface area contributed by atoms with E-state index in [-0.39, 0.29) is 0 Å². The van der Waals surface area contributed by atoms with Crippen LogP contribution in [-0.2, 0) is 6.42 Å². The first-order chi connectivity index (χ1) is 7.40. The highest BCUT2D eigenvalue weighted by molar-refractivity contribution is 5.40. The minimum Gasteiger partial charge on any atom is -0.330 e. The van der Waals surface area contributed by atoms with Crippen LogP contribution in [0.25, 0.3) is 11.6 Å². The monoisotopic (exact) mass is 204 g/mol. The summed E-state index contributed by atoms with van der Waals surface area (Å²) in [5.74, 6) is 1.89. The molecule has 0 aliphatic heterocycles. The Morgan fingerprint density at radius 2 is 2.00 bits per heavy atom.